The van der Waals surface area contributed by atoms with Gasteiger partial charge in [-0.2, -0.15) is 11.8 Å². The molecule has 0 aromatic heterocycles. The molecule has 0 spiro atoms. The molecule has 0 radical (unpaired) electrons. The monoisotopic (exact) mass is 353 g/mol. The Morgan fingerprint density at radius 3 is 2.85 bits per heavy atom. The highest BCUT2D eigenvalue weighted by Gasteiger charge is 2.33. The van der Waals surface area contributed by atoms with E-state index in [2.05, 4.69) is 0 Å². The largest absolute Gasteiger partial charge is 0.353 e. The van der Waals surface area contributed by atoms with Gasteiger partial charge < -0.3 is 4.90 Å². The van der Waals surface area contributed by atoms with E-state index in [1.54, 1.807) is 24.8 Å². The van der Waals surface area contributed by atoms with Crippen LogP contribution >= 0.6 is 35.0 Å². The van der Waals surface area contributed by atoms with Crippen molar-refractivity contribution in [1.82, 2.24) is 0 Å². The fraction of sp³-hybridized carbons (Fsp3) is 0.538. The highest BCUT2D eigenvalue weighted by atomic mass is 35.5. The van der Waals surface area contributed by atoms with Crippen LogP contribution in [0.5, 0.6) is 0 Å². The SMILES string of the molecule is CCS(=O)(=O)C1CSCCN1c1cc(Cl)ccc1CCl. The fourth-order valence-electron chi connectivity index (χ4n) is 2.26. The Bertz CT molecular complexity index is 578. The molecule has 1 aliphatic heterocycles. The van der Waals surface area contributed by atoms with Crippen LogP contribution in [-0.2, 0) is 15.7 Å². The molecule has 0 saturated carbocycles. The number of nitrogens with zero attached hydrogens (tertiary/aromatic N) is 1. The Morgan fingerprint density at radius 2 is 2.20 bits per heavy atom. The zero-order valence-corrected chi connectivity index (χ0v) is 14.3. The Balaban J connectivity index is 2.45. The van der Waals surface area contributed by atoms with Crippen molar-refractivity contribution in [2.75, 3.05) is 28.7 Å². The van der Waals surface area contributed by atoms with Crippen LogP contribution in [0, 0.1) is 0 Å². The van der Waals surface area contributed by atoms with E-state index >= 15 is 0 Å². The second-order valence-corrected chi connectivity index (χ2v) is 8.88. The summed E-state index contributed by atoms with van der Waals surface area (Å²) in [6.07, 6.45) is 0. The molecule has 1 saturated heterocycles. The summed E-state index contributed by atoms with van der Waals surface area (Å²) in [6, 6.07) is 5.46. The van der Waals surface area contributed by atoms with Gasteiger partial charge in [-0.1, -0.05) is 24.6 Å². The molecule has 1 aliphatic rings. The van der Waals surface area contributed by atoms with Crippen molar-refractivity contribution in [2.24, 2.45) is 0 Å². The normalized spacial score (nSPS) is 20.1. The molecular weight excluding hydrogens is 337 g/mol. The molecule has 1 aromatic carbocycles. The first-order valence-electron chi connectivity index (χ1n) is 6.40. The molecule has 1 atom stereocenters. The summed E-state index contributed by atoms with van der Waals surface area (Å²) in [5.74, 6) is 1.98. The number of sulfone groups is 1. The topological polar surface area (TPSA) is 37.4 Å². The second kappa shape index (κ2) is 6.77. The summed E-state index contributed by atoms with van der Waals surface area (Å²) in [7, 11) is -3.14. The first-order valence-corrected chi connectivity index (χ1v) is 10.2. The van der Waals surface area contributed by atoms with Gasteiger partial charge in [-0.15, -0.1) is 11.6 Å². The maximum Gasteiger partial charge on any atom is 0.171 e. The molecule has 3 nitrogen and oxygen atoms in total. The molecule has 0 aliphatic carbocycles. The molecule has 1 heterocycles. The van der Waals surface area contributed by atoms with Crippen molar-refractivity contribution in [3.8, 4) is 0 Å². The smallest absolute Gasteiger partial charge is 0.171 e. The van der Waals surface area contributed by atoms with Crippen molar-refractivity contribution >= 4 is 50.5 Å². The van der Waals surface area contributed by atoms with Gasteiger partial charge in [-0.25, -0.2) is 8.42 Å². The highest BCUT2D eigenvalue weighted by Crippen LogP contribution is 2.32. The minimum absolute atomic E-state index is 0.144. The lowest BCUT2D eigenvalue weighted by atomic mass is 10.2. The third-order valence-corrected chi connectivity index (χ3v) is 7.21. The van der Waals surface area contributed by atoms with E-state index in [1.807, 2.05) is 17.0 Å². The lowest BCUT2D eigenvalue weighted by Gasteiger charge is -2.37. The van der Waals surface area contributed by atoms with Gasteiger partial charge in [0.1, 0.15) is 5.37 Å². The Kier molecular flexibility index (Phi) is 5.51. The first kappa shape index (κ1) is 16.3. The predicted molar refractivity (Wildman–Crippen MR) is 88.9 cm³/mol. The lowest BCUT2D eigenvalue weighted by Crippen LogP contribution is -2.48. The quantitative estimate of drug-likeness (QED) is 0.777. The number of hydrogen-bond acceptors (Lipinski definition) is 4. The predicted octanol–water partition coefficient (Wildman–Crippen LogP) is 3.39. The summed E-state index contributed by atoms with van der Waals surface area (Å²) < 4.78 is 24.6. The zero-order valence-electron chi connectivity index (χ0n) is 11.2. The van der Waals surface area contributed by atoms with Crippen molar-refractivity contribution in [3.63, 3.8) is 0 Å². The molecule has 0 N–H and O–H groups in total. The highest BCUT2D eigenvalue weighted by molar-refractivity contribution is 8.01. The number of benzene rings is 1. The van der Waals surface area contributed by atoms with Crippen molar-refractivity contribution in [3.05, 3.63) is 28.8 Å². The van der Waals surface area contributed by atoms with Crippen LogP contribution in [0.3, 0.4) is 0 Å². The van der Waals surface area contributed by atoms with Crippen molar-refractivity contribution < 1.29 is 8.42 Å². The molecule has 1 unspecified atom stereocenters. The van der Waals surface area contributed by atoms with E-state index in [4.69, 9.17) is 23.2 Å². The second-order valence-electron chi connectivity index (χ2n) is 4.58. The standard InChI is InChI=1S/C13H17Cl2NO2S2/c1-2-20(17,18)13-9-19-6-5-16(13)12-7-11(15)4-3-10(12)8-14/h3-4,7,13H,2,5-6,8-9H2,1H3. The van der Waals surface area contributed by atoms with Gasteiger partial charge in [-0.05, 0) is 17.7 Å². The Hall–Kier alpha value is -0.100. The van der Waals surface area contributed by atoms with Gasteiger partial charge >= 0.3 is 0 Å². The minimum atomic E-state index is -3.14. The van der Waals surface area contributed by atoms with E-state index in [-0.39, 0.29) is 5.75 Å². The van der Waals surface area contributed by atoms with Crippen LogP contribution in [-0.4, -0.2) is 37.6 Å². The molecule has 7 heteroatoms. The molecule has 1 aromatic rings. The van der Waals surface area contributed by atoms with Crippen LogP contribution in [0.15, 0.2) is 18.2 Å². The zero-order chi connectivity index (χ0) is 14.8. The lowest BCUT2D eigenvalue weighted by molar-refractivity contribution is 0.579. The average molecular weight is 354 g/mol. The third kappa shape index (κ3) is 3.38. The molecule has 1 fully saturated rings. The van der Waals surface area contributed by atoms with E-state index in [9.17, 15) is 8.42 Å². The van der Waals surface area contributed by atoms with Crippen LogP contribution in [0.1, 0.15) is 12.5 Å². The first-order chi connectivity index (χ1) is 9.49. The summed E-state index contributed by atoms with van der Waals surface area (Å²) in [4.78, 5) is 1.94. The molecule has 0 amide bonds. The third-order valence-electron chi connectivity index (χ3n) is 3.40. The van der Waals surface area contributed by atoms with Gasteiger partial charge in [0.25, 0.3) is 0 Å². The molecule has 0 bridgehead atoms. The summed E-state index contributed by atoms with van der Waals surface area (Å²) >= 11 is 13.7. The molecular formula is C13H17Cl2NO2S2. The Morgan fingerprint density at radius 1 is 1.45 bits per heavy atom. The van der Waals surface area contributed by atoms with Crippen molar-refractivity contribution in [2.45, 2.75) is 18.2 Å². The Labute approximate surface area is 134 Å². The van der Waals surface area contributed by atoms with Crippen LogP contribution < -0.4 is 4.90 Å². The number of alkyl halides is 1. The van der Waals surface area contributed by atoms with Gasteiger partial charge in [-0.3, -0.25) is 0 Å². The fourth-order valence-corrected chi connectivity index (χ4v) is 5.64. The number of thioether (sulfide) groups is 1. The number of hydrogen-bond donors (Lipinski definition) is 0. The number of anilines is 1. The van der Waals surface area contributed by atoms with Crippen LogP contribution in [0.2, 0.25) is 5.02 Å². The number of halogens is 2. The summed E-state index contributed by atoms with van der Waals surface area (Å²) in [5.41, 5.74) is 1.76. The summed E-state index contributed by atoms with van der Waals surface area (Å²) in [5, 5.41) is 0.103. The molecule has 112 valence electrons. The minimum Gasteiger partial charge on any atom is -0.353 e. The maximum atomic E-state index is 12.3. The van der Waals surface area contributed by atoms with Gasteiger partial charge in [0.05, 0.1) is 0 Å². The van der Waals surface area contributed by atoms with Gasteiger partial charge in [0, 0.05) is 40.4 Å². The van der Waals surface area contributed by atoms with Crippen molar-refractivity contribution in [1.29, 1.82) is 0 Å². The maximum absolute atomic E-state index is 12.3. The van der Waals surface area contributed by atoms with E-state index in [0.717, 1.165) is 17.0 Å². The van der Waals surface area contributed by atoms with Gasteiger partial charge in [0.2, 0.25) is 0 Å². The van der Waals surface area contributed by atoms with Crippen LogP contribution in [0.25, 0.3) is 0 Å². The van der Waals surface area contributed by atoms with Gasteiger partial charge in [0.15, 0.2) is 9.84 Å². The summed E-state index contributed by atoms with van der Waals surface area (Å²) in [6.45, 7) is 2.38. The number of rotatable bonds is 4. The van der Waals surface area contributed by atoms with Crippen LogP contribution in [0.4, 0.5) is 5.69 Å². The van der Waals surface area contributed by atoms with E-state index < -0.39 is 15.2 Å². The van der Waals surface area contributed by atoms with E-state index in [0.29, 0.717) is 23.2 Å². The van der Waals surface area contributed by atoms with E-state index in [1.165, 1.54) is 0 Å². The average Bonchev–Trinajstić information content (AvgIpc) is 2.47. The molecule has 20 heavy (non-hydrogen) atoms. The molecule has 2 rings (SSSR count).